The van der Waals surface area contributed by atoms with Crippen LogP contribution < -0.4 is 9.80 Å². The fourth-order valence-corrected chi connectivity index (χ4v) is 10.2. The minimum absolute atomic E-state index is 0.104. The number of anilines is 6. The molecule has 0 aliphatic heterocycles. The van der Waals surface area contributed by atoms with Crippen LogP contribution in [0.25, 0.3) is 16.8 Å². The zero-order valence-corrected chi connectivity index (χ0v) is 54.0. The summed E-state index contributed by atoms with van der Waals surface area (Å²) in [7, 11) is 0. The number of allylic oxidation sites excluding steroid dienone is 2. The van der Waals surface area contributed by atoms with E-state index < -0.39 is 0 Å². The standard InChI is InChI=1S/C75H104N2/c1-30-31-32-62-48(2)65(76(58-39-50(68(6,7)8)35-51(40-58)69(9,10)11)59-41-52(70(12,13)14)36-53(42-59)71(15,16)17)63-34-33-49(67(3,4)5)47-64(63)66(62)77(60-43-54(72(18,19)20)37-55(44-60)73(21,22)23)61-45-56(74(24,25)26)38-57(46-61)75(27,28)29/h30-47H,1H2,2-29H3/b32-31-. The lowest BCUT2D eigenvalue weighted by Gasteiger charge is -2.38. The number of nitrogens with zero attached hydrogens (tertiary/aromatic N) is 2. The molecule has 0 N–H and O–H groups in total. The van der Waals surface area contributed by atoms with Gasteiger partial charge in [-0.15, -0.1) is 0 Å². The molecule has 414 valence electrons. The Labute approximate surface area is 471 Å². The van der Waals surface area contributed by atoms with Crippen LogP contribution in [0.2, 0.25) is 0 Å². The predicted molar refractivity (Wildman–Crippen MR) is 346 cm³/mol. The van der Waals surface area contributed by atoms with Crippen LogP contribution in [-0.2, 0) is 48.7 Å². The van der Waals surface area contributed by atoms with Gasteiger partial charge in [0.25, 0.3) is 0 Å². The number of fused-ring (bicyclic) bond motifs is 1. The minimum Gasteiger partial charge on any atom is -0.310 e. The fourth-order valence-electron chi connectivity index (χ4n) is 10.2. The lowest BCUT2D eigenvalue weighted by Crippen LogP contribution is -2.23. The van der Waals surface area contributed by atoms with Crippen LogP contribution in [0.3, 0.4) is 0 Å². The number of rotatable bonds is 8. The van der Waals surface area contributed by atoms with Crippen molar-refractivity contribution >= 4 is 51.0 Å². The molecule has 6 aromatic carbocycles. The number of hydrogen-bond donors (Lipinski definition) is 0. The third kappa shape index (κ3) is 13.4. The lowest BCUT2D eigenvalue weighted by molar-refractivity contribution is 0.567. The molecular weight excluding hydrogens is 929 g/mol. The molecule has 0 heterocycles. The first-order chi connectivity index (χ1) is 34.7. The van der Waals surface area contributed by atoms with Crippen LogP contribution in [0.15, 0.2) is 110 Å². The Bertz CT molecular complexity index is 2910. The van der Waals surface area contributed by atoms with Crippen molar-refractivity contribution < 1.29 is 0 Å². The van der Waals surface area contributed by atoms with Crippen LogP contribution >= 0.6 is 0 Å². The van der Waals surface area contributed by atoms with Crippen LogP contribution in [0.1, 0.15) is 248 Å². The summed E-state index contributed by atoms with van der Waals surface area (Å²) >= 11 is 0. The Balaban J connectivity index is 2.04. The highest BCUT2D eigenvalue weighted by Crippen LogP contribution is 2.54. The van der Waals surface area contributed by atoms with E-state index >= 15 is 0 Å². The Morgan fingerprint density at radius 3 is 0.779 bits per heavy atom. The highest BCUT2D eigenvalue weighted by atomic mass is 15.2. The Kier molecular flexibility index (Phi) is 16.1. The molecule has 0 aromatic heterocycles. The van der Waals surface area contributed by atoms with Crippen molar-refractivity contribution in [1.82, 2.24) is 0 Å². The van der Waals surface area contributed by atoms with Gasteiger partial charge in [0.15, 0.2) is 0 Å². The van der Waals surface area contributed by atoms with Crippen LogP contribution in [0.4, 0.5) is 34.1 Å². The molecule has 0 aliphatic rings. The first kappa shape index (κ1) is 60.9. The van der Waals surface area contributed by atoms with E-state index in [4.69, 9.17) is 0 Å². The fraction of sp³-hybridized carbons (Fsp3) is 0.493. The number of hydrogen-bond acceptors (Lipinski definition) is 2. The molecule has 0 saturated heterocycles. The minimum atomic E-state index is -0.138. The Morgan fingerprint density at radius 1 is 0.299 bits per heavy atom. The highest BCUT2D eigenvalue weighted by molar-refractivity contribution is 6.12. The normalized spacial score (nSPS) is 13.7. The summed E-state index contributed by atoms with van der Waals surface area (Å²) in [6, 6.07) is 37.2. The quantitative estimate of drug-likeness (QED) is 0.140. The van der Waals surface area contributed by atoms with Crippen LogP contribution in [-0.4, -0.2) is 0 Å². The van der Waals surface area contributed by atoms with Gasteiger partial charge in [-0.2, -0.15) is 0 Å². The summed E-state index contributed by atoms with van der Waals surface area (Å²) < 4.78 is 0. The largest absolute Gasteiger partial charge is 0.310 e. The summed E-state index contributed by atoms with van der Waals surface area (Å²) in [5.74, 6) is 0. The molecule has 0 bridgehead atoms. The van der Waals surface area contributed by atoms with Gasteiger partial charge in [-0.05, 0) is 166 Å². The van der Waals surface area contributed by atoms with Crippen molar-refractivity contribution in [1.29, 1.82) is 0 Å². The smallest absolute Gasteiger partial charge is 0.0616 e. The van der Waals surface area contributed by atoms with Crippen molar-refractivity contribution in [2.24, 2.45) is 0 Å². The van der Waals surface area contributed by atoms with E-state index in [1.807, 2.05) is 6.08 Å². The predicted octanol–water partition coefficient (Wildman–Crippen LogP) is 23.0. The van der Waals surface area contributed by atoms with Gasteiger partial charge in [-0.1, -0.05) is 248 Å². The first-order valence-corrected chi connectivity index (χ1v) is 28.9. The third-order valence-electron chi connectivity index (χ3n) is 15.9. The molecule has 0 unspecified atom stereocenters. The molecule has 0 spiro atoms. The van der Waals surface area contributed by atoms with Crippen molar-refractivity contribution in [2.45, 2.75) is 243 Å². The molecule has 0 atom stereocenters. The lowest BCUT2D eigenvalue weighted by atomic mass is 9.79. The third-order valence-corrected chi connectivity index (χ3v) is 15.9. The SMILES string of the molecule is C=C/C=C\c1c(C)c(N(c2cc(C(C)(C)C)cc(C(C)(C)C)c2)c2cc(C(C)(C)C)cc(C(C)(C)C)c2)c2ccc(C(C)(C)C)cc2c1N(c1cc(C(C)(C)C)cc(C(C)(C)C)c1)c1cc(C(C)(C)C)cc(C(C)(C)C)c1. The van der Waals surface area contributed by atoms with Gasteiger partial charge in [0.1, 0.15) is 0 Å². The maximum Gasteiger partial charge on any atom is 0.0616 e. The van der Waals surface area contributed by atoms with Crippen molar-refractivity contribution in [2.75, 3.05) is 9.80 Å². The Hall–Kier alpha value is -5.34. The van der Waals surface area contributed by atoms with Gasteiger partial charge in [0.2, 0.25) is 0 Å². The molecule has 6 rings (SSSR count). The second-order valence-corrected chi connectivity index (χ2v) is 32.1. The van der Waals surface area contributed by atoms with E-state index in [-0.39, 0.29) is 48.7 Å². The number of benzene rings is 6. The second kappa shape index (κ2) is 20.4. The monoisotopic (exact) mass is 1030 g/mol. The molecule has 0 radical (unpaired) electrons. The van der Waals surface area contributed by atoms with Gasteiger partial charge < -0.3 is 9.80 Å². The molecule has 0 amide bonds. The highest BCUT2D eigenvalue weighted by Gasteiger charge is 2.34. The van der Waals surface area contributed by atoms with E-state index in [1.165, 1.54) is 89.2 Å². The summed E-state index contributed by atoms with van der Waals surface area (Å²) in [6.07, 6.45) is 6.46. The molecule has 6 aromatic rings. The molecule has 2 nitrogen and oxygen atoms in total. The average molecular weight is 1030 g/mol. The molecule has 0 aliphatic carbocycles. The van der Waals surface area contributed by atoms with Gasteiger partial charge in [-0.25, -0.2) is 0 Å². The van der Waals surface area contributed by atoms with Gasteiger partial charge >= 0.3 is 0 Å². The van der Waals surface area contributed by atoms with E-state index in [1.54, 1.807) is 0 Å². The van der Waals surface area contributed by atoms with Crippen molar-refractivity contribution in [3.63, 3.8) is 0 Å². The zero-order chi connectivity index (χ0) is 58.4. The Morgan fingerprint density at radius 2 is 0.545 bits per heavy atom. The maximum atomic E-state index is 4.33. The van der Waals surface area contributed by atoms with Gasteiger partial charge in [0.05, 0.1) is 11.4 Å². The van der Waals surface area contributed by atoms with Crippen molar-refractivity contribution in [3.8, 4) is 0 Å². The summed E-state index contributed by atoms with van der Waals surface area (Å²) in [6.45, 7) is 70.4. The molecular formula is C75H104N2. The van der Waals surface area contributed by atoms with Gasteiger partial charge in [0, 0.05) is 39.1 Å². The second-order valence-electron chi connectivity index (χ2n) is 32.1. The van der Waals surface area contributed by atoms with Crippen LogP contribution in [0, 0.1) is 6.92 Å². The maximum absolute atomic E-state index is 4.33. The topological polar surface area (TPSA) is 6.48 Å². The van der Waals surface area contributed by atoms with Crippen LogP contribution in [0.5, 0.6) is 0 Å². The molecule has 77 heavy (non-hydrogen) atoms. The van der Waals surface area contributed by atoms with Gasteiger partial charge in [-0.3, -0.25) is 0 Å². The zero-order valence-electron chi connectivity index (χ0n) is 54.0. The summed E-state index contributed by atoms with van der Waals surface area (Å²) in [5, 5.41) is 2.41. The summed E-state index contributed by atoms with van der Waals surface area (Å²) in [4.78, 5) is 5.31. The summed E-state index contributed by atoms with van der Waals surface area (Å²) in [5.41, 5.74) is 20.2. The first-order valence-electron chi connectivity index (χ1n) is 28.9. The van der Waals surface area contributed by atoms with E-state index in [0.29, 0.717) is 0 Å². The molecule has 0 saturated carbocycles. The van der Waals surface area contributed by atoms with E-state index in [9.17, 15) is 0 Å². The van der Waals surface area contributed by atoms with Crippen molar-refractivity contribution in [3.05, 3.63) is 171 Å². The average Bonchev–Trinajstić information content (AvgIpc) is 3.26. The van der Waals surface area contributed by atoms with E-state index in [0.717, 1.165) is 16.9 Å². The molecule has 2 heteroatoms. The van der Waals surface area contributed by atoms with E-state index in [2.05, 4.69) is 313 Å². The molecule has 0 fully saturated rings.